The van der Waals surface area contributed by atoms with Crippen molar-refractivity contribution in [2.45, 2.75) is 6.42 Å². The molecule has 1 aromatic carbocycles. The lowest BCUT2D eigenvalue weighted by Crippen LogP contribution is -2.10. The molecule has 0 fully saturated rings. The van der Waals surface area contributed by atoms with Crippen LogP contribution in [0.2, 0.25) is 0 Å². The first-order valence-electron chi connectivity index (χ1n) is 5.25. The van der Waals surface area contributed by atoms with Crippen LogP contribution in [0.5, 0.6) is 0 Å². The molecule has 0 aliphatic rings. The summed E-state index contributed by atoms with van der Waals surface area (Å²) in [6.45, 7) is 0.728. The molecule has 0 saturated heterocycles. The third-order valence-corrected chi connectivity index (χ3v) is 2.34. The molecule has 2 aromatic rings. The standard InChI is InChI=1S/C12H12F2N2O/c1-15-5-4-12-16-7-11(17-12)9-3-2-8(13)6-10(9)14/h2-3,6-7,15H,4-5H2,1H3. The second-order valence-electron chi connectivity index (χ2n) is 3.60. The minimum atomic E-state index is -0.652. The van der Waals surface area contributed by atoms with Crippen molar-refractivity contribution >= 4 is 0 Å². The SMILES string of the molecule is CNCCc1ncc(-c2ccc(F)cc2F)o1. The van der Waals surface area contributed by atoms with Crippen LogP contribution >= 0.6 is 0 Å². The summed E-state index contributed by atoms with van der Waals surface area (Å²) in [7, 11) is 1.82. The Morgan fingerprint density at radius 3 is 2.88 bits per heavy atom. The second kappa shape index (κ2) is 5.05. The summed E-state index contributed by atoms with van der Waals surface area (Å²) < 4.78 is 31.6. The molecule has 0 radical (unpaired) electrons. The van der Waals surface area contributed by atoms with E-state index in [-0.39, 0.29) is 5.56 Å². The van der Waals surface area contributed by atoms with Crippen LogP contribution in [0.3, 0.4) is 0 Å². The zero-order valence-electron chi connectivity index (χ0n) is 9.34. The molecule has 90 valence electrons. The summed E-state index contributed by atoms with van der Waals surface area (Å²) in [5.41, 5.74) is 0.217. The topological polar surface area (TPSA) is 38.1 Å². The molecule has 0 amide bonds. The highest BCUT2D eigenvalue weighted by atomic mass is 19.1. The lowest BCUT2D eigenvalue weighted by molar-refractivity contribution is 0.496. The highest BCUT2D eigenvalue weighted by molar-refractivity contribution is 5.57. The number of nitrogens with one attached hydrogen (secondary N) is 1. The molecule has 0 atom stereocenters. The largest absolute Gasteiger partial charge is 0.441 e. The van der Waals surface area contributed by atoms with E-state index in [0.717, 1.165) is 12.6 Å². The summed E-state index contributed by atoms with van der Waals surface area (Å²) in [5, 5.41) is 2.96. The maximum Gasteiger partial charge on any atom is 0.196 e. The van der Waals surface area contributed by atoms with Gasteiger partial charge in [-0.2, -0.15) is 0 Å². The predicted molar refractivity (Wildman–Crippen MR) is 59.5 cm³/mol. The molecule has 5 heteroatoms. The smallest absolute Gasteiger partial charge is 0.196 e. The van der Waals surface area contributed by atoms with Crippen LogP contribution in [-0.4, -0.2) is 18.6 Å². The normalized spacial score (nSPS) is 10.8. The van der Waals surface area contributed by atoms with E-state index in [9.17, 15) is 8.78 Å². The van der Waals surface area contributed by atoms with Crippen molar-refractivity contribution in [3.63, 3.8) is 0 Å². The summed E-state index contributed by atoms with van der Waals surface area (Å²) in [6, 6.07) is 3.35. The average molecular weight is 238 g/mol. The quantitative estimate of drug-likeness (QED) is 0.888. The van der Waals surface area contributed by atoms with Crippen LogP contribution in [-0.2, 0) is 6.42 Å². The number of likely N-dealkylation sites (N-methyl/N-ethyl adjacent to an activating group) is 1. The molecule has 17 heavy (non-hydrogen) atoms. The Morgan fingerprint density at radius 2 is 2.18 bits per heavy atom. The molecule has 3 nitrogen and oxygen atoms in total. The second-order valence-corrected chi connectivity index (χ2v) is 3.60. The Hall–Kier alpha value is -1.75. The van der Waals surface area contributed by atoms with Gasteiger partial charge in [0.25, 0.3) is 0 Å². The van der Waals surface area contributed by atoms with E-state index in [1.54, 1.807) is 0 Å². The third-order valence-electron chi connectivity index (χ3n) is 2.34. The number of nitrogens with zero attached hydrogens (tertiary/aromatic N) is 1. The average Bonchev–Trinajstić information content (AvgIpc) is 2.75. The van der Waals surface area contributed by atoms with E-state index in [2.05, 4.69) is 10.3 Å². The van der Waals surface area contributed by atoms with Gasteiger partial charge in [0.05, 0.1) is 11.8 Å². The summed E-state index contributed by atoms with van der Waals surface area (Å²) in [5.74, 6) is -0.422. The molecule has 0 spiro atoms. The molecule has 0 bridgehead atoms. The maximum atomic E-state index is 13.5. The fourth-order valence-corrected chi connectivity index (χ4v) is 1.47. The number of rotatable bonds is 4. The number of halogens is 2. The van der Waals surface area contributed by atoms with Crippen molar-refractivity contribution in [3.05, 3.63) is 41.9 Å². The van der Waals surface area contributed by atoms with Gasteiger partial charge in [-0.15, -0.1) is 0 Å². The highest BCUT2D eigenvalue weighted by Crippen LogP contribution is 2.24. The third kappa shape index (κ3) is 2.68. The molecular weight excluding hydrogens is 226 g/mol. The van der Waals surface area contributed by atoms with Crippen LogP contribution in [0.1, 0.15) is 5.89 Å². The maximum absolute atomic E-state index is 13.5. The van der Waals surface area contributed by atoms with Gasteiger partial charge in [-0.25, -0.2) is 13.8 Å². The van der Waals surface area contributed by atoms with Gasteiger partial charge in [0.1, 0.15) is 11.6 Å². The van der Waals surface area contributed by atoms with E-state index < -0.39 is 11.6 Å². The Balaban J connectivity index is 2.24. The fourth-order valence-electron chi connectivity index (χ4n) is 1.47. The first kappa shape index (κ1) is 11.7. The van der Waals surface area contributed by atoms with Crippen molar-refractivity contribution in [3.8, 4) is 11.3 Å². The lowest BCUT2D eigenvalue weighted by atomic mass is 10.2. The Kier molecular flexibility index (Phi) is 3.49. The Labute approximate surface area is 97.5 Å². The van der Waals surface area contributed by atoms with Crippen molar-refractivity contribution in [1.82, 2.24) is 10.3 Å². The molecule has 0 aliphatic carbocycles. The molecule has 1 N–H and O–H groups in total. The van der Waals surface area contributed by atoms with Crippen LogP contribution in [0, 0.1) is 11.6 Å². The summed E-state index contributed by atoms with van der Waals surface area (Å²) >= 11 is 0. The molecule has 0 unspecified atom stereocenters. The van der Waals surface area contributed by atoms with Crippen molar-refractivity contribution in [1.29, 1.82) is 0 Å². The number of benzene rings is 1. The number of aromatic nitrogens is 1. The van der Waals surface area contributed by atoms with Gasteiger partial charge in [-0.3, -0.25) is 0 Å². The van der Waals surface area contributed by atoms with Crippen LogP contribution in [0.4, 0.5) is 8.78 Å². The van der Waals surface area contributed by atoms with Gasteiger partial charge in [0, 0.05) is 19.0 Å². The van der Waals surface area contributed by atoms with E-state index in [0.29, 0.717) is 18.1 Å². The molecular formula is C12H12F2N2O. The molecule has 1 heterocycles. The van der Waals surface area contributed by atoms with Gasteiger partial charge in [-0.1, -0.05) is 0 Å². The monoisotopic (exact) mass is 238 g/mol. The van der Waals surface area contributed by atoms with E-state index in [4.69, 9.17) is 4.42 Å². The van der Waals surface area contributed by atoms with Crippen LogP contribution < -0.4 is 5.32 Å². The molecule has 2 rings (SSSR count). The minimum absolute atomic E-state index is 0.217. The molecule has 1 aromatic heterocycles. The van der Waals surface area contributed by atoms with Crippen molar-refractivity contribution < 1.29 is 13.2 Å². The number of hydrogen-bond donors (Lipinski definition) is 1. The van der Waals surface area contributed by atoms with E-state index >= 15 is 0 Å². The van der Waals surface area contributed by atoms with Crippen molar-refractivity contribution in [2.24, 2.45) is 0 Å². The van der Waals surface area contributed by atoms with Gasteiger partial charge in [0.2, 0.25) is 0 Å². The number of hydrogen-bond acceptors (Lipinski definition) is 3. The summed E-state index contributed by atoms with van der Waals surface area (Å²) in [6.07, 6.45) is 2.07. The van der Waals surface area contributed by atoms with Gasteiger partial charge < -0.3 is 9.73 Å². The molecule has 0 saturated carbocycles. The highest BCUT2D eigenvalue weighted by Gasteiger charge is 2.11. The van der Waals surface area contributed by atoms with Gasteiger partial charge >= 0.3 is 0 Å². The van der Waals surface area contributed by atoms with E-state index in [1.807, 2.05) is 7.05 Å². The molecule has 0 aliphatic heterocycles. The van der Waals surface area contributed by atoms with Crippen LogP contribution in [0.25, 0.3) is 11.3 Å². The minimum Gasteiger partial charge on any atom is -0.441 e. The fraction of sp³-hybridized carbons (Fsp3) is 0.250. The first-order valence-corrected chi connectivity index (χ1v) is 5.25. The van der Waals surface area contributed by atoms with Gasteiger partial charge in [0.15, 0.2) is 11.7 Å². The summed E-state index contributed by atoms with van der Waals surface area (Å²) in [4.78, 5) is 4.03. The van der Waals surface area contributed by atoms with E-state index in [1.165, 1.54) is 18.3 Å². The number of oxazole rings is 1. The Bertz CT molecular complexity index is 511. The zero-order valence-corrected chi connectivity index (χ0v) is 9.34. The predicted octanol–water partition coefficient (Wildman–Crippen LogP) is 2.38. The van der Waals surface area contributed by atoms with Crippen LogP contribution in [0.15, 0.2) is 28.8 Å². The zero-order chi connectivity index (χ0) is 12.3. The Morgan fingerprint density at radius 1 is 1.35 bits per heavy atom. The van der Waals surface area contributed by atoms with Gasteiger partial charge in [-0.05, 0) is 19.2 Å². The van der Waals surface area contributed by atoms with Crippen molar-refractivity contribution in [2.75, 3.05) is 13.6 Å². The first-order chi connectivity index (χ1) is 8.20. The lowest BCUT2D eigenvalue weighted by Gasteiger charge is -1.98.